The van der Waals surface area contributed by atoms with Crippen LogP contribution < -0.4 is 20.9 Å². The molecule has 0 saturated carbocycles. The summed E-state index contributed by atoms with van der Waals surface area (Å²) in [5, 5.41) is 8.04. The summed E-state index contributed by atoms with van der Waals surface area (Å²) in [4.78, 5) is 30.6. The second-order valence-corrected chi connectivity index (χ2v) is 5.81. The number of pyridine rings is 1. The van der Waals surface area contributed by atoms with Crippen LogP contribution in [0.15, 0.2) is 42.6 Å². The standard InChI is InChI=1S/C18H21N5O2/c1-19-18(25)22-14-7-4-6-13(12-14)21-17(24)15-8-5-9-20-16(15)23-10-2-3-11-23/h4-9,12H,2-3,10-11H2,1H3,(H,21,24)(H2,19,22,25). The molecule has 0 radical (unpaired) electrons. The van der Waals surface area contributed by atoms with Gasteiger partial charge in [-0.2, -0.15) is 0 Å². The summed E-state index contributed by atoms with van der Waals surface area (Å²) < 4.78 is 0. The largest absolute Gasteiger partial charge is 0.356 e. The van der Waals surface area contributed by atoms with Crippen LogP contribution in [0.3, 0.4) is 0 Å². The Labute approximate surface area is 146 Å². The zero-order chi connectivity index (χ0) is 17.6. The smallest absolute Gasteiger partial charge is 0.318 e. The Bertz CT molecular complexity index is 772. The number of nitrogens with one attached hydrogen (secondary N) is 3. The van der Waals surface area contributed by atoms with Gasteiger partial charge in [-0.15, -0.1) is 0 Å². The molecule has 1 aliphatic heterocycles. The van der Waals surface area contributed by atoms with Crippen LogP contribution in [0.5, 0.6) is 0 Å². The molecule has 0 spiro atoms. The highest BCUT2D eigenvalue weighted by atomic mass is 16.2. The minimum absolute atomic E-state index is 0.216. The van der Waals surface area contributed by atoms with Gasteiger partial charge in [0, 0.05) is 37.7 Å². The first-order valence-corrected chi connectivity index (χ1v) is 8.27. The molecule has 2 heterocycles. The van der Waals surface area contributed by atoms with Crippen LogP contribution in [0.1, 0.15) is 23.2 Å². The van der Waals surface area contributed by atoms with Crippen LogP contribution in [-0.4, -0.2) is 37.1 Å². The van der Waals surface area contributed by atoms with Crippen molar-refractivity contribution < 1.29 is 9.59 Å². The number of urea groups is 1. The molecule has 0 bridgehead atoms. The van der Waals surface area contributed by atoms with Crippen molar-refractivity contribution in [1.29, 1.82) is 0 Å². The molecular weight excluding hydrogens is 318 g/mol. The van der Waals surface area contributed by atoms with Crippen molar-refractivity contribution in [1.82, 2.24) is 10.3 Å². The molecule has 2 aromatic rings. The number of hydrogen-bond donors (Lipinski definition) is 3. The van der Waals surface area contributed by atoms with Gasteiger partial charge in [0.25, 0.3) is 5.91 Å². The van der Waals surface area contributed by atoms with Crippen molar-refractivity contribution >= 4 is 29.1 Å². The summed E-state index contributed by atoms with van der Waals surface area (Å²) in [6.45, 7) is 1.84. The van der Waals surface area contributed by atoms with Gasteiger partial charge in [-0.25, -0.2) is 9.78 Å². The molecule has 3 N–H and O–H groups in total. The monoisotopic (exact) mass is 339 g/mol. The average Bonchev–Trinajstić information content (AvgIpc) is 3.16. The third-order valence-electron chi connectivity index (χ3n) is 4.04. The zero-order valence-corrected chi connectivity index (χ0v) is 14.1. The Hall–Kier alpha value is -3.09. The minimum Gasteiger partial charge on any atom is -0.356 e. The molecule has 0 unspecified atom stereocenters. The van der Waals surface area contributed by atoms with E-state index in [-0.39, 0.29) is 11.9 Å². The number of aromatic nitrogens is 1. The fraction of sp³-hybridized carbons (Fsp3) is 0.278. The van der Waals surface area contributed by atoms with Gasteiger partial charge >= 0.3 is 6.03 Å². The van der Waals surface area contributed by atoms with E-state index in [1.54, 1.807) is 49.6 Å². The lowest BCUT2D eigenvalue weighted by Gasteiger charge is -2.19. The summed E-state index contributed by atoms with van der Waals surface area (Å²) in [5.41, 5.74) is 1.76. The highest BCUT2D eigenvalue weighted by Crippen LogP contribution is 2.23. The second kappa shape index (κ2) is 7.65. The molecule has 7 nitrogen and oxygen atoms in total. The van der Waals surface area contributed by atoms with E-state index in [1.165, 1.54) is 0 Å². The molecule has 7 heteroatoms. The van der Waals surface area contributed by atoms with Crippen LogP contribution in [0, 0.1) is 0 Å². The topological polar surface area (TPSA) is 86.4 Å². The van der Waals surface area contributed by atoms with Gasteiger partial charge in [0.15, 0.2) is 0 Å². The summed E-state index contributed by atoms with van der Waals surface area (Å²) in [5.74, 6) is 0.504. The number of benzene rings is 1. The molecule has 3 rings (SSSR count). The maximum Gasteiger partial charge on any atom is 0.318 e. The SMILES string of the molecule is CNC(=O)Nc1cccc(NC(=O)c2cccnc2N2CCCC2)c1. The van der Waals surface area contributed by atoms with Gasteiger partial charge < -0.3 is 20.9 Å². The molecule has 1 fully saturated rings. The third kappa shape index (κ3) is 4.06. The molecule has 1 aromatic heterocycles. The lowest BCUT2D eigenvalue weighted by molar-refractivity contribution is 0.102. The number of carbonyl (C=O) groups excluding carboxylic acids is 2. The number of nitrogens with zero attached hydrogens (tertiary/aromatic N) is 2. The number of hydrogen-bond acceptors (Lipinski definition) is 4. The fourth-order valence-corrected chi connectivity index (χ4v) is 2.82. The quantitative estimate of drug-likeness (QED) is 0.799. The summed E-state index contributed by atoms with van der Waals surface area (Å²) in [7, 11) is 1.54. The zero-order valence-electron chi connectivity index (χ0n) is 14.1. The van der Waals surface area contributed by atoms with Gasteiger partial charge in [0.2, 0.25) is 0 Å². The van der Waals surface area contributed by atoms with Crippen LogP contribution in [-0.2, 0) is 0 Å². The summed E-state index contributed by atoms with van der Waals surface area (Å²) in [6, 6.07) is 10.2. The lowest BCUT2D eigenvalue weighted by Crippen LogP contribution is -2.25. The molecule has 3 amide bonds. The maximum atomic E-state index is 12.7. The number of amides is 3. The van der Waals surface area contributed by atoms with Gasteiger partial charge in [0.05, 0.1) is 5.56 Å². The molecular formula is C18H21N5O2. The van der Waals surface area contributed by atoms with E-state index < -0.39 is 0 Å². The van der Waals surface area contributed by atoms with E-state index in [2.05, 4.69) is 25.8 Å². The van der Waals surface area contributed by atoms with Crippen LogP contribution in [0.2, 0.25) is 0 Å². The van der Waals surface area contributed by atoms with Crippen LogP contribution in [0.25, 0.3) is 0 Å². The first-order chi connectivity index (χ1) is 12.2. The van der Waals surface area contributed by atoms with E-state index in [9.17, 15) is 9.59 Å². The molecule has 25 heavy (non-hydrogen) atoms. The number of carbonyl (C=O) groups is 2. The maximum absolute atomic E-state index is 12.7. The Morgan fingerprint density at radius 3 is 2.48 bits per heavy atom. The van der Waals surface area contributed by atoms with Crippen LogP contribution >= 0.6 is 0 Å². The average molecular weight is 339 g/mol. The van der Waals surface area contributed by atoms with Crippen molar-refractivity contribution in [3.8, 4) is 0 Å². The van der Waals surface area contributed by atoms with E-state index in [0.717, 1.165) is 31.7 Å². The highest BCUT2D eigenvalue weighted by Gasteiger charge is 2.20. The molecule has 1 saturated heterocycles. The summed E-state index contributed by atoms with van der Waals surface area (Å²) >= 11 is 0. The molecule has 1 aromatic carbocycles. The predicted molar refractivity (Wildman–Crippen MR) is 98.2 cm³/mol. The molecule has 1 aliphatic rings. The van der Waals surface area contributed by atoms with Crippen molar-refractivity contribution in [2.24, 2.45) is 0 Å². The third-order valence-corrected chi connectivity index (χ3v) is 4.04. The van der Waals surface area contributed by atoms with E-state index in [0.29, 0.717) is 16.9 Å². The Morgan fingerprint density at radius 2 is 1.76 bits per heavy atom. The van der Waals surface area contributed by atoms with Crippen molar-refractivity contribution in [3.05, 3.63) is 48.2 Å². The Balaban J connectivity index is 1.77. The van der Waals surface area contributed by atoms with Crippen LogP contribution in [0.4, 0.5) is 22.0 Å². The van der Waals surface area contributed by atoms with Crippen molar-refractivity contribution in [3.63, 3.8) is 0 Å². The van der Waals surface area contributed by atoms with Gasteiger partial charge in [-0.05, 0) is 43.2 Å². The summed E-state index contributed by atoms with van der Waals surface area (Å²) in [6.07, 6.45) is 3.94. The van der Waals surface area contributed by atoms with Crippen molar-refractivity contribution in [2.75, 3.05) is 35.7 Å². The van der Waals surface area contributed by atoms with Gasteiger partial charge in [-0.1, -0.05) is 6.07 Å². The van der Waals surface area contributed by atoms with E-state index in [4.69, 9.17) is 0 Å². The first kappa shape index (κ1) is 16.8. The van der Waals surface area contributed by atoms with Crippen molar-refractivity contribution in [2.45, 2.75) is 12.8 Å². The van der Waals surface area contributed by atoms with Gasteiger partial charge in [0.1, 0.15) is 5.82 Å². The van der Waals surface area contributed by atoms with E-state index in [1.807, 2.05) is 0 Å². The normalized spacial score (nSPS) is 13.4. The first-order valence-electron chi connectivity index (χ1n) is 8.27. The molecule has 0 aliphatic carbocycles. The highest BCUT2D eigenvalue weighted by molar-refractivity contribution is 6.07. The van der Waals surface area contributed by atoms with E-state index >= 15 is 0 Å². The number of rotatable bonds is 4. The lowest BCUT2D eigenvalue weighted by atomic mass is 10.2. The predicted octanol–water partition coefficient (Wildman–Crippen LogP) is 2.69. The number of anilines is 3. The molecule has 0 atom stereocenters. The molecule has 130 valence electrons. The van der Waals surface area contributed by atoms with Gasteiger partial charge in [-0.3, -0.25) is 4.79 Å². The fourth-order valence-electron chi connectivity index (χ4n) is 2.82. The Morgan fingerprint density at radius 1 is 1.04 bits per heavy atom. The second-order valence-electron chi connectivity index (χ2n) is 5.81. The Kier molecular flexibility index (Phi) is 5.13. The minimum atomic E-state index is -0.313.